The molecule has 0 radical (unpaired) electrons. The van der Waals surface area contributed by atoms with Crippen molar-refractivity contribution < 1.29 is 20.1 Å². The number of hydrogen-bond donors (Lipinski definition) is 3. The molecule has 3 aliphatic carbocycles. The highest BCUT2D eigenvalue weighted by Gasteiger charge is 2.69. The van der Waals surface area contributed by atoms with Gasteiger partial charge in [-0.05, 0) is 83.6 Å². The van der Waals surface area contributed by atoms with Gasteiger partial charge in [0.05, 0.1) is 23.4 Å². The highest BCUT2D eigenvalue weighted by Crippen LogP contribution is 2.69. The van der Waals surface area contributed by atoms with Crippen molar-refractivity contribution in [3.05, 3.63) is 65.5 Å². The van der Waals surface area contributed by atoms with Crippen molar-refractivity contribution in [1.29, 1.82) is 0 Å². The molecule has 3 heterocycles. The number of nitrogens with zero attached hydrogens (tertiary/aromatic N) is 1. The van der Waals surface area contributed by atoms with Gasteiger partial charge in [0, 0.05) is 29.6 Å². The van der Waals surface area contributed by atoms with Crippen molar-refractivity contribution in [3.63, 3.8) is 0 Å². The molecule has 2 spiro atoms. The highest BCUT2D eigenvalue weighted by molar-refractivity contribution is 5.82. The molecular weight excluding hydrogens is 450 g/mol. The minimum Gasteiger partial charge on any atom is -0.392 e. The van der Waals surface area contributed by atoms with Crippen LogP contribution in [0.25, 0.3) is 10.8 Å². The predicted octanol–water partition coefficient (Wildman–Crippen LogP) is 4.66. The molecule has 9 unspecified atom stereocenters. The first-order valence-corrected chi connectivity index (χ1v) is 13.7. The van der Waals surface area contributed by atoms with Crippen LogP contribution in [0.15, 0.2) is 60.0 Å². The SMILES string of the molecule is CC(C)C1CC23CCC4(O2)C(=CCC2(C)C(c5ccc6ccncc6c5)C(O)CC42)C=C3C(O)C1O. The lowest BCUT2D eigenvalue weighted by atomic mass is 9.57. The summed E-state index contributed by atoms with van der Waals surface area (Å²) < 4.78 is 7.23. The van der Waals surface area contributed by atoms with Crippen molar-refractivity contribution in [1.82, 2.24) is 4.98 Å². The number of ether oxygens (including phenoxy) is 1. The summed E-state index contributed by atoms with van der Waals surface area (Å²) >= 11 is 0. The van der Waals surface area contributed by atoms with E-state index in [0.717, 1.165) is 47.6 Å². The van der Waals surface area contributed by atoms with Gasteiger partial charge in [-0.2, -0.15) is 0 Å². The van der Waals surface area contributed by atoms with Gasteiger partial charge < -0.3 is 20.1 Å². The number of aromatic nitrogens is 1. The summed E-state index contributed by atoms with van der Waals surface area (Å²) in [5, 5.41) is 35.9. The summed E-state index contributed by atoms with van der Waals surface area (Å²) in [7, 11) is 0. The van der Waals surface area contributed by atoms with E-state index < -0.39 is 29.5 Å². The number of benzene rings is 1. The highest BCUT2D eigenvalue weighted by atomic mass is 16.5. The molecule has 36 heavy (non-hydrogen) atoms. The van der Waals surface area contributed by atoms with Crippen molar-refractivity contribution in [2.75, 3.05) is 0 Å². The Morgan fingerprint density at radius 3 is 2.72 bits per heavy atom. The average Bonchev–Trinajstić information content (AvgIpc) is 3.32. The molecule has 3 N–H and O–H groups in total. The third kappa shape index (κ3) is 2.83. The van der Waals surface area contributed by atoms with Crippen LogP contribution in [0.3, 0.4) is 0 Å². The number of fused-ring (bicyclic) bond motifs is 2. The van der Waals surface area contributed by atoms with Crippen LogP contribution in [0.1, 0.15) is 64.4 Å². The topological polar surface area (TPSA) is 82.8 Å². The maximum Gasteiger partial charge on any atom is 0.104 e. The first-order chi connectivity index (χ1) is 17.2. The fourth-order valence-corrected chi connectivity index (χ4v) is 9.04. The molecule has 7 rings (SSSR count). The van der Waals surface area contributed by atoms with Crippen molar-refractivity contribution >= 4 is 10.8 Å². The predicted molar refractivity (Wildman–Crippen MR) is 138 cm³/mol. The van der Waals surface area contributed by atoms with Gasteiger partial charge >= 0.3 is 0 Å². The molecule has 0 amide bonds. The van der Waals surface area contributed by atoms with Gasteiger partial charge in [0.15, 0.2) is 0 Å². The van der Waals surface area contributed by atoms with E-state index in [1.807, 2.05) is 18.5 Å². The van der Waals surface area contributed by atoms with Crippen LogP contribution in [-0.2, 0) is 4.74 Å². The molecule has 5 nitrogen and oxygen atoms in total. The fraction of sp³-hybridized carbons (Fsp3) is 0.581. The Labute approximate surface area is 212 Å². The van der Waals surface area contributed by atoms with Crippen molar-refractivity contribution in [2.45, 2.75) is 88.3 Å². The lowest BCUT2D eigenvalue weighted by molar-refractivity contribution is -0.168. The molecule has 1 aromatic carbocycles. The molecule has 1 saturated heterocycles. The molecule has 5 heteroatoms. The van der Waals surface area contributed by atoms with E-state index in [2.05, 4.69) is 56.1 Å². The van der Waals surface area contributed by atoms with Crippen molar-refractivity contribution in [3.8, 4) is 0 Å². The quantitative estimate of drug-likeness (QED) is 0.574. The van der Waals surface area contributed by atoms with Crippen LogP contribution < -0.4 is 0 Å². The molecule has 3 fully saturated rings. The minimum atomic E-state index is -0.885. The number of rotatable bonds is 2. The zero-order chi connectivity index (χ0) is 25.0. The summed E-state index contributed by atoms with van der Waals surface area (Å²) in [4.78, 5) is 4.31. The maximum atomic E-state index is 11.6. The summed E-state index contributed by atoms with van der Waals surface area (Å²) in [5.74, 6) is 0.473. The second kappa shape index (κ2) is 7.50. The second-order valence-corrected chi connectivity index (χ2v) is 12.8. The van der Waals surface area contributed by atoms with Gasteiger partial charge in [-0.25, -0.2) is 0 Å². The lowest BCUT2D eigenvalue weighted by Gasteiger charge is -2.55. The van der Waals surface area contributed by atoms with E-state index in [0.29, 0.717) is 6.42 Å². The molecule has 2 saturated carbocycles. The Hall–Kier alpha value is -2.05. The van der Waals surface area contributed by atoms with E-state index in [1.165, 1.54) is 5.56 Å². The molecule has 2 bridgehead atoms. The molecule has 2 aliphatic heterocycles. The average molecular weight is 488 g/mol. The fourth-order valence-electron chi connectivity index (χ4n) is 9.04. The van der Waals surface area contributed by atoms with E-state index in [-0.39, 0.29) is 29.1 Å². The van der Waals surface area contributed by atoms with Crippen LogP contribution in [0, 0.1) is 23.2 Å². The maximum absolute atomic E-state index is 11.6. The van der Waals surface area contributed by atoms with Gasteiger partial charge in [-0.3, -0.25) is 4.98 Å². The van der Waals surface area contributed by atoms with E-state index in [1.54, 1.807) is 0 Å². The third-order valence-corrected chi connectivity index (χ3v) is 10.8. The first-order valence-electron chi connectivity index (χ1n) is 13.7. The van der Waals surface area contributed by atoms with Crippen molar-refractivity contribution in [2.24, 2.45) is 23.2 Å². The largest absolute Gasteiger partial charge is 0.392 e. The zero-order valence-corrected chi connectivity index (χ0v) is 21.4. The molecule has 1 aromatic heterocycles. The Balaban J connectivity index is 1.32. The summed E-state index contributed by atoms with van der Waals surface area (Å²) in [5.41, 5.74) is 2.11. The summed E-state index contributed by atoms with van der Waals surface area (Å²) in [6.07, 6.45) is 10.2. The summed E-state index contributed by atoms with van der Waals surface area (Å²) in [6.45, 7) is 6.59. The Morgan fingerprint density at radius 1 is 1.08 bits per heavy atom. The van der Waals surface area contributed by atoms with Crippen LogP contribution in [-0.4, -0.2) is 49.8 Å². The van der Waals surface area contributed by atoms with Crippen LogP contribution in [0.5, 0.6) is 0 Å². The molecule has 2 aromatic rings. The Kier molecular flexibility index (Phi) is 4.81. The first kappa shape index (κ1) is 23.1. The lowest BCUT2D eigenvalue weighted by Crippen LogP contribution is -2.58. The van der Waals surface area contributed by atoms with Gasteiger partial charge in [0.2, 0.25) is 0 Å². The van der Waals surface area contributed by atoms with Crippen LogP contribution in [0.2, 0.25) is 0 Å². The smallest absolute Gasteiger partial charge is 0.104 e. The van der Waals surface area contributed by atoms with Gasteiger partial charge in [-0.15, -0.1) is 0 Å². The van der Waals surface area contributed by atoms with Gasteiger partial charge in [0.25, 0.3) is 0 Å². The summed E-state index contributed by atoms with van der Waals surface area (Å²) in [6, 6.07) is 8.57. The molecule has 9 atom stereocenters. The van der Waals surface area contributed by atoms with E-state index in [9.17, 15) is 15.3 Å². The zero-order valence-electron chi connectivity index (χ0n) is 21.4. The van der Waals surface area contributed by atoms with E-state index in [4.69, 9.17) is 4.74 Å². The van der Waals surface area contributed by atoms with E-state index >= 15 is 0 Å². The monoisotopic (exact) mass is 487 g/mol. The number of hydrogen-bond acceptors (Lipinski definition) is 5. The Morgan fingerprint density at radius 2 is 1.92 bits per heavy atom. The molecule has 190 valence electrons. The van der Waals surface area contributed by atoms with Crippen LogP contribution in [0.4, 0.5) is 0 Å². The standard InChI is InChI=1S/C31H37NO4/c1-17(2)22-15-30-9-10-31(36-30)21(13-23(30)28(35)27(22)34)6-8-29(3)25(31)14-24(33)26(29)19-5-4-18-7-11-32-16-20(18)12-19/h4-7,11-13,16-17,22,24-28,33-35H,8-10,14-15H2,1-3H3. The minimum absolute atomic E-state index is 0.000861. The second-order valence-electron chi connectivity index (χ2n) is 12.8. The number of allylic oxidation sites excluding steroid dienone is 1. The van der Waals surface area contributed by atoms with Crippen LogP contribution >= 0.6 is 0 Å². The Bertz CT molecular complexity index is 1300. The number of pyridine rings is 1. The third-order valence-electron chi connectivity index (χ3n) is 10.8. The molecular formula is C31H37NO4. The molecule has 5 aliphatic rings. The number of aliphatic hydroxyl groups excluding tert-OH is 3. The number of aliphatic hydroxyl groups is 3. The van der Waals surface area contributed by atoms with Gasteiger partial charge in [-0.1, -0.05) is 45.1 Å². The normalized spacial score (nSPS) is 45.2. The van der Waals surface area contributed by atoms with Gasteiger partial charge in [0.1, 0.15) is 6.10 Å².